The number of furan rings is 2. The number of hydrogen-bond donors (Lipinski definition) is 0. The summed E-state index contributed by atoms with van der Waals surface area (Å²) in [6.45, 7) is 0. The molecular formula is C58H37NO2. The van der Waals surface area contributed by atoms with Crippen LogP contribution in [0.5, 0.6) is 0 Å². The summed E-state index contributed by atoms with van der Waals surface area (Å²) in [6, 6.07) is 80.0. The highest BCUT2D eigenvalue weighted by Crippen LogP contribution is 2.43. The molecule has 0 spiro atoms. The zero-order valence-corrected chi connectivity index (χ0v) is 33.1. The van der Waals surface area contributed by atoms with Gasteiger partial charge in [-0.1, -0.05) is 158 Å². The van der Waals surface area contributed by atoms with E-state index in [2.05, 4.69) is 205 Å². The van der Waals surface area contributed by atoms with E-state index in [0.29, 0.717) is 0 Å². The molecule has 0 unspecified atom stereocenters. The third-order valence-corrected chi connectivity index (χ3v) is 12.1. The lowest BCUT2D eigenvalue weighted by molar-refractivity contribution is 0.668. The largest absolute Gasteiger partial charge is 0.456 e. The van der Waals surface area contributed by atoms with Crippen LogP contribution in [0.4, 0.5) is 17.1 Å². The van der Waals surface area contributed by atoms with Crippen LogP contribution in [0.2, 0.25) is 0 Å². The summed E-state index contributed by atoms with van der Waals surface area (Å²) < 4.78 is 12.6. The topological polar surface area (TPSA) is 29.5 Å². The maximum atomic E-state index is 6.31. The molecule has 0 N–H and O–H groups in total. The Hall–Kier alpha value is -8.14. The van der Waals surface area contributed by atoms with Crippen LogP contribution in [0.3, 0.4) is 0 Å². The van der Waals surface area contributed by atoms with Gasteiger partial charge in [-0.15, -0.1) is 0 Å². The van der Waals surface area contributed by atoms with Crippen LogP contribution in [0, 0.1) is 0 Å². The highest BCUT2D eigenvalue weighted by molar-refractivity contribution is 6.13. The van der Waals surface area contributed by atoms with Crippen molar-refractivity contribution in [2.45, 2.75) is 0 Å². The Kier molecular flexibility index (Phi) is 8.17. The molecule has 2 heterocycles. The zero-order valence-electron chi connectivity index (χ0n) is 33.1. The number of para-hydroxylation sites is 2. The molecule has 0 atom stereocenters. The van der Waals surface area contributed by atoms with Crippen molar-refractivity contribution < 1.29 is 8.83 Å². The van der Waals surface area contributed by atoms with Gasteiger partial charge in [0.05, 0.1) is 0 Å². The molecule has 12 aromatic rings. The summed E-state index contributed by atoms with van der Waals surface area (Å²) in [5.41, 5.74) is 16.0. The number of rotatable bonds is 7. The van der Waals surface area contributed by atoms with Crippen LogP contribution in [0.15, 0.2) is 233 Å². The fourth-order valence-electron chi connectivity index (χ4n) is 9.13. The van der Waals surface area contributed by atoms with Gasteiger partial charge in [0.1, 0.15) is 22.3 Å². The third-order valence-electron chi connectivity index (χ3n) is 12.1. The van der Waals surface area contributed by atoms with E-state index in [1.54, 1.807) is 0 Å². The Morgan fingerprint density at radius 1 is 0.262 bits per heavy atom. The predicted molar refractivity (Wildman–Crippen MR) is 255 cm³/mol. The maximum absolute atomic E-state index is 6.31. The molecule has 3 nitrogen and oxygen atoms in total. The van der Waals surface area contributed by atoms with E-state index in [1.807, 2.05) is 24.3 Å². The molecule has 286 valence electrons. The fraction of sp³-hybridized carbons (Fsp3) is 0. The molecule has 61 heavy (non-hydrogen) atoms. The van der Waals surface area contributed by atoms with Crippen LogP contribution in [0.25, 0.3) is 99.2 Å². The molecule has 12 rings (SSSR count). The number of fused-ring (bicyclic) bond motifs is 7. The molecule has 0 aliphatic carbocycles. The standard InChI is InChI=1S/C58H37NO2/c1-2-12-42-35-43(30-29-38(42)11-1)41-27-25-39(26-28-41)40-31-33-46(34-32-40)59(47-15-7-13-44(36-47)49-19-9-23-55-57(49)51-17-3-5-21-53(51)60-55)48-16-8-14-45(37-48)50-20-10-24-56-58(50)52-18-4-6-22-54(52)61-56/h1-37H. The molecular weight excluding hydrogens is 743 g/mol. The van der Waals surface area contributed by atoms with Gasteiger partial charge in [-0.25, -0.2) is 0 Å². The summed E-state index contributed by atoms with van der Waals surface area (Å²) in [5, 5.41) is 6.98. The monoisotopic (exact) mass is 779 g/mol. The van der Waals surface area contributed by atoms with E-state index in [0.717, 1.165) is 88.8 Å². The van der Waals surface area contributed by atoms with E-state index in [4.69, 9.17) is 8.83 Å². The third kappa shape index (κ3) is 6.06. The molecule has 0 amide bonds. The highest BCUT2D eigenvalue weighted by Gasteiger charge is 2.19. The van der Waals surface area contributed by atoms with Crippen molar-refractivity contribution in [1.29, 1.82) is 0 Å². The van der Waals surface area contributed by atoms with Crippen molar-refractivity contribution in [3.63, 3.8) is 0 Å². The molecule has 0 fully saturated rings. The van der Waals surface area contributed by atoms with E-state index in [-0.39, 0.29) is 0 Å². The van der Waals surface area contributed by atoms with Crippen molar-refractivity contribution in [2.24, 2.45) is 0 Å². The number of benzene rings is 10. The summed E-state index contributed by atoms with van der Waals surface area (Å²) in [5.74, 6) is 0. The van der Waals surface area contributed by atoms with Crippen LogP contribution in [-0.4, -0.2) is 0 Å². The van der Waals surface area contributed by atoms with Gasteiger partial charge >= 0.3 is 0 Å². The number of nitrogens with zero attached hydrogens (tertiary/aromatic N) is 1. The van der Waals surface area contributed by atoms with Gasteiger partial charge in [0.15, 0.2) is 0 Å². The van der Waals surface area contributed by atoms with E-state index in [1.165, 1.54) is 27.5 Å². The Morgan fingerprint density at radius 2 is 0.705 bits per heavy atom. The lowest BCUT2D eigenvalue weighted by atomic mass is 9.97. The minimum atomic E-state index is 0.885. The molecule has 3 heteroatoms. The van der Waals surface area contributed by atoms with Crippen LogP contribution >= 0.6 is 0 Å². The molecule has 0 radical (unpaired) electrons. The maximum Gasteiger partial charge on any atom is 0.136 e. The summed E-state index contributed by atoms with van der Waals surface area (Å²) >= 11 is 0. The first-order valence-corrected chi connectivity index (χ1v) is 20.7. The Morgan fingerprint density at radius 3 is 1.28 bits per heavy atom. The normalized spacial score (nSPS) is 11.6. The summed E-state index contributed by atoms with van der Waals surface area (Å²) in [4.78, 5) is 2.36. The lowest BCUT2D eigenvalue weighted by Gasteiger charge is -2.27. The van der Waals surface area contributed by atoms with Crippen molar-refractivity contribution in [2.75, 3.05) is 4.90 Å². The quantitative estimate of drug-likeness (QED) is 0.161. The summed E-state index contributed by atoms with van der Waals surface area (Å²) in [6.07, 6.45) is 0. The molecule has 0 saturated heterocycles. The van der Waals surface area contributed by atoms with Crippen LogP contribution in [-0.2, 0) is 0 Å². The second kappa shape index (κ2) is 14.3. The minimum absolute atomic E-state index is 0.885. The predicted octanol–water partition coefficient (Wildman–Crippen LogP) is 16.8. The van der Waals surface area contributed by atoms with Crippen LogP contribution < -0.4 is 4.90 Å². The fourth-order valence-corrected chi connectivity index (χ4v) is 9.13. The molecule has 2 aromatic heterocycles. The second-order valence-corrected chi connectivity index (χ2v) is 15.7. The van der Waals surface area contributed by atoms with Crippen molar-refractivity contribution in [1.82, 2.24) is 0 Å². The van der Waals surface area contributed by atoms with Gasteiger partial charge in [0.2, 0.25) is 0 Å². The van der Waals surface area contributed by atoms with Crippen molar-refractivity contribution >= 4 is 71.7 Å². The van der Waals surface area contributed by atoms with Gasteiger partial charge in [-0.3, -0.25) is 0 Å². The molecule has 0 bridgehead atoms. The first-order valence-electron chi connectivity index (χ1n) is 20.7. The molecule has 0 aliphatic heterocycles. The lowest BCUT2D eigenvalue weighted by Crippen LogP contribution is -2.10. The Bertz CT molecular complexity index is 3440. The molecule has 10 aromatic carbocycles. The van der Waals surface area contributed by atoms with Gasteiger partial charge in [0.25, 0.3) is 0 Å². The Labute approximate surface area is 353 Å². The van der Waals surface area contributed by atoms with Crippen molar-refractivity contribution in [3.8, 4) is 44.5 Å². The molecule has 0 saturated carbocycles. The summed E-state index contributed by atoms with van der Waals surface area (Å²) in [7, 11) is 0. The minimum Gasteiger partial charge on any atom is -0.456 e. The SMILES string of the molecule is c1cc(-c2cccc3oc4ccccc4c23)cc(N(c2ccc(-c3ccc(-c4ccc5ccccc5c4)cc3)cc2)c2cccc(-c3cccc4oc5ccccc5c34)c2)c1. The number of hydrogen-bond acceptors (Lipinski definition) is 3. The first kappa shape index (κ1) is 34.9. The second-order valence-electron chi connectivity index (χ2n) is 15.7. The average molecular weight is 780 g/mol. The van der Waals surface area contributed by atoms with Gasteiger partial charge in [-0.2, -0.15) is 0 Å². The number of anilines is 3. The van der Waals surface area contributed by atoms with Gasteiger partial charge < -0.3 is 13.7 Å². The van der Waals surface area contributed by atoms with E-state index >= 15 is 0 Å². The smallest absolute Gasteiger partial charge is 0.136 e. The van der Waals surface area contributed by atoms with Gasteiger partial charge in [-0.05, 0) is 122 Å². The Balaban J connectivity index is 0.966. The molecule has 0 aliphatic rings. The first-order chi connectivity index (χ1) is 30.2. The average Bonchev–Trinajstić information content (AvgIpc) is 3.91. The highest BCUT2D eigenvalue weighted by atomic mass is 16.3. The van der Waals surface area contributed by atoms with E-state index in [9.17, 15) is 0 Å². The van der Waals surface area contributed by atoms with Gasteiger partial charge in [0, 0.05) is 38.6 Å². The zero-order chi connectivity index (χ0) is 40.3. The van der Waals surface area contributed by atoms with E-state index < -0.39 is 0 Å². The van der Waals surface area contributed by atoms with Crippen molar-refractivity contribution in [3.05, 3.63) is 224 Å². The van der Waals surface area contributed by atoms with Crippen LogP contribution in [0.1, 0.15) is 0 Å².